The lowest BCUT2D eigenvalue weighted by molar-refractivity contribution is 0.0940. The van der Waals surface area contributed by atoms with E-state index in [1.165, 1.54) is 6.07 Å². The van der Waals surface area contributed by atoms with Gasteiger partial charge in [-0.15, -0.1) is 0 Å². The lowest BCUT2D eigenvalue weighted by atomic mass is 10.1. The number of fused-ring (bicyclic) bond motifs is 1. The minimum atomic E-state index is -3.99. The Morgan fingerprint density at radius 2 is 1.73 bits per heavy atom. The number of hydrogen-bond donors (Lipinski definition) is 2. The third kappa shape index (κ3) is 4.80. The van der Waals surface area contributed by atoms with Crippen LogP contribution in [-0.2, 0) is 10.0 Å². The van der Waals surface area contributed by atoms with Crippen molar-refractivity contribution in [2.75, 3.05) is 11.8 Å². The molecule has 3 aromatic carbocycles. The number of nitrogens with one attached hydrogen (secondary N) is 2. The van der Waals surface area contributed by atoms with E-state index in [1.54, 1.807) is 61.8 Å². The second kappa shape index (κ2) is 9.30. The normalized spacial score (nSPS) is 12.2. The molecule has 0 saturated heterocycles. The fourth-order valence-electron chi connectivity index (χ4n) is 3.53. The van der Waals surface area contributed by atoms with Crippen LogP contribution in [0.3, 0.4) is 0 Å². The molecule has 1 heterocycles. The highest BCUT2D eigenvalue weighted by atomic mass is 32.2. The molecule has 0 aliphatic rings. The van der Waals surface area contributed by atoms with Gasteiger partial charge in [-0.05, 0) is 48.9 Å². The molecule has 4 aromatic rings. The highest BCUT2D eigenvalue weighted by molar-refractivity contribution is 7.93. The van der Waals surface area contributed by atoms with Gasteiger partial charge in [0.1, 0.15) is 10.6 Å². The lowest BCUT2D eigenvalue weighted by Crippen LogP contribution is -2.28. The average Bonchev–Trinajstić information content (AvgIpc) is 2.83. The number of amides is 1. The number of nitrogens with zero attached hydrogens (tertiary/aromatic N) is 1. The molecule has 8 heteroatoms. The van der Waals surface area contributed by atoms with Gasteiger partial charge in [0.25, 0.3) is 15.9 Å². The van der Waals surface area contributed by atoms with Crippen LogP contribution in [0.1, 0.15) is 28.9 Å². The average molecular weight is 462 g/mol. The van der Waals surface area contributed by atoms with Gasteiger partial charge in [-0.2, -0.15) is 0 Å². The van der Waals surface area contributed by atoms with Crippen molar-refractivity contribution in [2.45, 2.75) is 17.9 Å². The van der Waals surface area contributed by atoms with Gasteiger partial charge in [0.2, 0.25) is 0 Å². The SMILES string of the molecule is COc1cccc([C@H](C)NC(=O)c2ccccc2NS(=O)(=O)c2cccc3cccnc23)c1. The molecule has 0 radical (unpaired) electrons. The van der Waals surface area contributed by atoms with Gasteiger partial charge in [0, 0.05) is 11.6 Å². The molecule has 1 atom stereocenters. The van der Waals surface area contributed by atoms with Crippen LogP contribution in [0.15, 0.2) is 90.0 Å². The molecule has 1 aromatic heterocycles. The Morgan fingerprint density at radius 1 is 0.970 bits per heavy atom. The molecular formula is C25H23N3O4S. The zero-order valence-corrected chi connectivity index (χ0v) is 19.0. The molecule has 2 N–H and O–H groups in total. The van der Waals surface area contributed by atoms with Crippen LogP contribution in [0.25, 0.3) is 10.9 Å². The van der Waals surface area contributed by atoms with E-state index in [0.717, 1.165) is 5.56 Å². The molecule has 4 rings (SSSR count). The number of anilines is 1. The fraction of sp³-hybridized carbons (Fsp3) is 0.120. The number of benzene rings is 3. The Morgan fingerprint density at radius 3 is 2.55 bits per heavy atom. The fourth-order valence-corrected chi connectivity index (χ4v) is 4.79. The van der Waals surface area contributed by atoms with Crippen LogP contribution >= 0.6 is 0 Å². The first-order chi connectivity index (χ1) is 15.9. The Bertz CT molecular complexity index is 1410. The van der Waals surface area contributed by atoms with Crippen molar-refractivity contribution in [3.63, 3.8) is 0 Å². The monoisotopic (exact) mass is 461 g/mol. The molecule has 1 amide bonds. The van der Waals surface area contributed by atoms with E-state index in [2.05, 4.69) is 15.0 Å². The van der Waals surface area contributed by atoms with Gasteiger partial charge >= 0.3 is 0 Å². The van der Waals surface area contributed by atoms with Crippen molar-refractivity contribution in [1.82, 2.24) is 10.3 Å². The van der Waals surface area contributed by atoms with E-state index in [0.29, 0.717) is 16.7 Å². The summed E-state index contributed by atoms with van der Waals surface area (Å²) in [5.74, 6) is 0.283. The van der Waals surface area contributed by atoms with E-state index in [-0.39, 0.29) is 22.2 Å². The first-order valence-electron chi connectivity index (χ1n) is 10.3. The summed E-state index contributed by atoms with van der Waals surface area (Å²) in [5.41, 5.74) is 1.62. The summed E-state index contributed by atoms with van der Waals surface area (Å²) in [5, 5.41) is 3.62. The van der Waals surface area contributed by atoms with Gasteiger partial charge in [0.15, 0.2) is 0 Å². The summed E-state index contributed by atoms with van der Waals surface area (Å²) in [6.45, 7) is 1.85. The second-order valence-corrected chi connectivity index (χ2v) is 9.10. The Kier molecular flexibility index (Phi) is 6.28. The number of sulfonamides is 1. The summed E-state index contributed by atoms with van der Waals surface area (Å²) in [6, 6.07) is 22.0. The Labute approximate surface area is 192 Å². The molecule has 0 unspecified atom stereocenters. The number of ether oxygens (including phenoxy) is 1. The summed E-state index contributed by atoms with van der Waals surface area (Å²) < 4.78 is 34.2. The van der Waals surface area contributed by atoms with Crippen LogP contribution in [0, 0.1) is 0 Å². The Balaban J connectivity index is 1.61. The lowest BCUT2D eigenvalue weighted by Gasteiger charge is -2.17. The smallest absolute Gasteiger partial charge is 0.264 e. The number of hydrogen-bond acceptors (Lipinski definition) is 5. The number of methoxy groups -OCH3 is 1. The van der Waals surface area contributed by atoms with Crippen molar-refractivity contribution in [3.05, 3.63) is 96.2 Å². The first-order valence-corrected chi connectivity index (χ1v) is 11.8. The predicted octanol–water partition coefficient (Wildman–Crippen LogP) is 4.54. The van der Waals surface area contributed by atoms with E-state index >= 15 is 0 Å². The van der Waals surface area contributed by atoms with Crippen molar-refractivity contribution < 1.29 is 17.9 Å². The first kappa shape index (κ1) is 22.3. The summed E-state index contributed by atoms with van der Waals surface area (Å²) in [4.78, 5) is 17.3. The van der Waals surface area contributed by atoms with E-state index in [1.807, 2.05) is 31.2 Å². The molecule has 33 heavy (non-hydrogen) atoms. The number of rotatable bonds is 7. The molecule has 0 spiro atoms. The van der Waals surface area contributed by atoms with Crippen LogP contribution in [0.4, 0.5) is 5.69 Å². The van der Waals surface area contributed by atoms with E-state index in [9.17, 15) is 13.2 Å². The summed E-state index contributed by atoms with van der Waals surface area (Å²) in [6.07, 6.45) is 1.54. The van der Waals surface area contributed by atoms with Crippen molar-refractivity contribution in [3.8, 4) is 5.75 Å². The van der Waals surface area contributed by atoms with Crippen molar-refractivity contribution >= 4 is 32.5 Å². The summed E-state index contributed by atoms with van der Waals surface area (Å²) >= 11 is 0. The van der Waals surface area contributed by atoms with Gasteiger partial charge < -0.3 is 10.1 Å². The molecule has 7 nitrogen and oxygen atoms in total. The van der Waals surface area contributed by atoms with Gasteiger partial charge in [-0.1, -0.05) is 42.5 Å². The molecule has 0 bridgehead atoms. The molecule has 0 fully saturated rings. The van der Waals surface area contributed by atoms with Crippen LogP contribution in [0.2, 0.25) is 0 Å². The minimum absolute atomic E-state index is 0.0422. The third-order valence-electron chi connectivity index (χ3n) is 5.24. The van der Waals surface area contributed by atoms with Gasteiger partial charge in [-0.3, -0.25) is 14.5 Å². The standard InChI is InChI=1S/C25H23N3O4S/c1-17(19-9-5-11-20(16-19)32-2)27-25(29)21-12-3-4-13-22(21)28-33(30,31)23-14-6-8-18-10-7-15-26-24(18)23/h3-17,28H,1-2H3,(H,27,29)/t17-/m0/s1. The predicted molar refractivity (Wildman–Crippen MR) is 128 cm³/mol. The molecule has 0 aliphatic carbocycles. The molecule has 168 valence electrons. The number of carbonyl (C=O) groups is 1. The largest absolute Gasteiger partial charge is 0.497 e. The zero-order valence-electron chi connectivity index (χ0n) is 18.1. The maximum Gasteiger partial charge on any atom is 0.264 e. The highest BCUT2D eigenvalue weighted by Crippen LogP contribution is 2.26. The minimum Gasteiger partial charge on any atom is -0.497 e. The van der Waals surface area contributed by atoms with E-state index < -0.39 is 15.9 Å². The highest BCUT2D eigenvalue weighted by Gasteiger charge is 2.22. The maximum absolute atomic E-state index is 13.2. The molecule has 0 aliphatic heterocycles. The van der Waals surface area contributed by atoms with Crippen LogP contribution in [0.5, 0.6) is 5.75 Å². The summed E-state index contributed by atoms with van der Waals surface area (Å²) in [7, 11) is -2.42. The van der Waals surface area contributed by atoms with E-state index in [4.69, 9.17) is 4.74 Å². The third-order valence-corrected chi connectivity index (χ3v) is 6.64. The quantitative estimate of drug-likeness (QED) is 0.421. The van der Waals surface area contributed by atoms with Gasteiger partial charge in [0.05, 0.1) is 29.9 Å². The van der Waals surface area contributed by atoms with Crippen LogP contribution < -0.4 is 14.8 Å². The number of aromatic nitrogens is 1. The topological polar surface area (TPSA) is 97.4 Å². The second-order valence-electron chi connectivity index (χ2n) is 7.45. The zero-order chi connectivity index (χ0) is 23.4. The number of carbonyl (C=O) groups excluding carboxylic acids is 1. The van der Waals surface area contributed by atoms with Crippen LogP contribution in [-0.4, -0.2) is 26.4 Å². The number of para-hydroxylation sites is 2. The molecular weight excluding hydrogens is 438 g/mol. The Hall–Kier alpha value is -3.91. The number of pyridine rings is 1. The maximum atomic E-state index is 13.2. The van der Waals surface area contributed by atoms with Gasteiger partial charge in [-0.25, -0.2) is 8.42 Å². The van der Waals surface area contributed by atoms with Crippen molar-refractivity contribution in [1.29, 1.82) is 0 Å². The molecule has 0 saturated carbocycles. The van der Waals surface area contributed by atoms with Crippen molar-refractivity contribution in [2.24, 2.45) is 0 Å².